The van der Waals surface area contributed by atoms with Gasteiger partial charge in [0.05, 0.1) is 12.1 Å². The molecule has 6 heteroatoms. The molecule has 122 valence electrons. The number of carboxylic acids is 1. The van der Waals surface area contributed by atoms with Crippen molar-refractivity contribution < 1.29 is 9.90 Å². The third kappa shape index (κ3) is 3.41. The number of nitrogens with zero attached hydrogens (tertiary/aromatic N) is 1. The van der Waals surface area contributed by atoms with Crippen molar-refractivity contribution in [2.24, 2.45) is 10.7 Å². The van der Waals surface area contributed by atoms with Crippen molar-refractivity contribution in [3.63, 3.8) is 0 Å². The lowest BCUT2D eigenvalue weighted by Crippen LogP contribution is -2.36. The first kappa shape index (κ1) is 16.1. The maximum atomic E-state index is 11.4. The Kier molecular flexibility index (Phi) is 4.53. The summed E-state index contributed by atoms with van der Waals surface area (Å²) in [5.41, 5.74) is 8.97. The van der Waals surface area contributed by atoms with Crippen molar-refractivity contribution >= 4 is 29.2 Å². The Hall–Kier alpha value is -2.79. The smallest absolute Gasteiger partial charge is 0.307 e. The van der Waals surface area contributed by atoms with Crippen LogP contribution in [0.4, 0.5) is 0 Å². The number of guanidine groups is 1. The number of benzene rings is 2. The summed E-state index contributed by atoms with van der Waals surface area (Å²) in [6, 6.07) is 16.2. The second-order valence-corrected chi connectivity index (χ2v) is 5.87. The summed E-state index contributed by atoms with van der Waals surface area (Å²) in [4.78, 5) is 15.8. The minimum atomic E-state index is -0.921. The maximum Gasteiger partial charge on any atom is 0.307 e. The van der Waals surface area contributed by atoms with E-state index in [1.54, 1.807) is 12.1 Å². The first-order valence-corrected chi connectivity index (χ1v) is 7.78. The molecule has 0 aliphatic carbocycles. The molecule has 0 fully saturated rings. The number of nitrogens with one attached hydrogen (secondary N) is 1. The number of hydrogen-bond donors (Lipinski definition) is 3. The second kappa shape index (κ2) is 6.76. The number of aliphatic imine (C=N–C) groups is 1. The lowest BCUT2D eigenvalue weighted by Gasteiger charge is -2.27. The normalized spacial score (nSPS) is 17.2. The molecule has 1 aliphatic rings. The highest BCUT2D eigenvalue weighted by Gasteiger charge is 2.27. The fourth-order valence-corrected chi connectivity index (χ4v) is 2.85. The minimum Gasteiger partial charge on any atom is -0.481 e. The highest BCUT2D eigenvalue weighted by Crippen LogP contribution is 2.35. The van der Waals surface area contributed by atoms with Crippen LogP contribution in [0.25, 0.3) is 5.70 Å². The van der Waals surface area contributed by atoms with Gasteiger partial charge in [-0.05, 0) is 28.8 Å². The van der Waals surface area contributed by atoms with Crippen molar-refractivity contribution in [3.05, 3.63) is 76.3 Å². The largest absolute Gasteiger partial charge is 0.481 e. The molecule has 0 bridgehead atoms. The van der Waals surface area contributed by atoms with Crippen LogP contribution in [0.5, 0.6) is 0 Å². The Balaban J connectivity index is 2.14. The van der Waals surface area contributed by atoms with E-state index in [1.807, 2.05) is 42.5 Å². The fraction of sp³-hybridized carbons (Fsp3) is 0.111. The predicted octanol–water partition coefficient (Wildman–Crippen LogP) is 3.19. The van der Waals surface area contributed by atoms with Crippen LogP contribution in [0.15, 0.2) is 65.2 Å². The van der Waals surface area contributed by atoms with E-state index in [-0.39, 0.29) is 12.4 Å². The lowest BCUT2D eigenvalue weighted by atomic mass is 9.91. The molecule has 3 rings (SSSR count). The molecule has 0 spiro atoms. The molecule has 5 nitrogen and oxygen atoms in total. The topological polar surface area (TPSA) is 87.7 Å². The number of hydrogen-bond acceptors (Lipinski definition) is 4. The van der Waals surface area contributed by atoms with Crippen LogP contribution in [-0.2, 0) is 4.79 Å². The molecular weight excluding hydrogens is 326 g/mol. The third-order valence-corrected chi connectivity index (χ3v) is 4.01. The zero-order valence-corrected chi connectivity index (χ0v) is 13.5. The molecule has 2 aromatic rings. The summed E-state index contributed by atoms with van der Waals surface area (Å²) in [7, 11) is 0. The number of nitrogens with two attached hydrogens (primary N) is 1. The number of aliphatic carboxylic acids is 1. The maximum absolute atomic E-state index is 11.4. The Morgan fingerprint density at radius 1 is 1.17 bits per heavy atom. The van der Waals surface area contributed by atoms with Crippen LogP contribution < -0.4 is 11.1 Å². The highest BCUT2D eigenvalue weighted by molar-refractivity contribution is 6.30. The zero-order valence-electron chi connectivity index (χ0n) is 12.7. The Labute approximate surface area is 144 Å². The van der Waals surface area contributed by atoms with Crippen LogP contribution in [0.3, 0.4) is 0 Å². The van der Waals surface area contributed by atoms with Gasteiger partial charge in [-0.2, -0.15) is 0 Å². The molecule has 0 radical (unpaired) electrons. The van der Waals surface area contributed by atoms with Crippen molar-refractivity contribution in [1.82, 2.24) is 5.32 Å². The van der Waals surface area contributed by atoms with E-state index in [2.05, 4.69) is 10.3 Å². The highest BCUT2D eigenvalue weighted by atomic mass is 35.5. The zero-order chi connectivity index (χ0) is 17.1. The molecule has 0 saturated carbocycles. The van der Waals surface area contributed by atoms with Crippen LogP contribution >= 0.6 is 11.6 Å². The molecule has 24 heavy (non-hydrogen) atoms. The average Bonchev–Trinajstić information content (AvgIpc) is 2.57. The standard InChI is InChI=1S/C18H16ClN3O2/c19-13-8-6-12(7-9-13)17-14(10-15(23)24)16(21-18(20)22-17)11-4-2-1-3-5-11/h1-9,16H,10H2,(H,23,24)(H3,20,21,22). The minimum absolute atomic E-state index is 0.138. The molecule has 1 atom stereocenters. The monoisotopic (exact) mass is 341 g/mol. The van der Waals surface area contributed by atoms with Crippen molar-refractivity contribution in [3.8, 4) is 0 Å². The van der Waals surface area contributed by atoms with Gasteiger partial charge in [0.1, 0.15) is 6.04 Å². The predicted molar refractivity (Wildman–Crippen MR) is 94.6 cm³/mol. The summed E-state index contributed by atoms with van der Waals surface area (Å²) >= 11 is 5.95. The van der Waals surface area contributed by atoms with Gasteiger partial charge in [-0.15, -0.1) is 0 Å². The number of carbonyl (C=O) groups is 1. The van der Waals surface area contributed by atoms with E-state index in [0.29, 0.717) is 16.3 Å². The van der Waals surface area contributed by atoms with Crippen molar-refractivity contribution in [2.75, 3.05) is 0 Å². The molecule has 1 unspecified atom stereocenters. The molecule has 4 N–H and O–H groups in total. The number of rotatable bonds is 4. The Bertz CT molecular complexity index is 814. The van der Waals surface area contributed by atoms with Crippen LogP contribution in [-0.4, -0.2) is 17.0 Å². The fourth-order valence-electron chi connectivity index (χ4n) is 2.73. The molecule has 1 heterocycles. The average molecular weight is 342 g/mol. The molecular formula is C18H16ClN3O2. The van der Waals surface area contributed by atoms with Gasteiger partial charge in [0.15, 0.2) is 5.96 Å². The quantitative estimate of drug-likeness (QED) is 0.797. The summed E-state index contributed by atoms with van der Waals surface area (Å²) in [6.45, 7) is 0. The summed E-state index contributed by atoms with van der Waals surface area (Å²) in [5, 5.41) is 13.0. The summed E-state index contributed by atoms with van der Waals surface area (Å²) in [5.74, 6) is -0.669. The third-order valence-electron chi connectivity index (χ3n) is 3.76. The molecule has 2 aromatic carbocycles. The van der Waals surface area contributed by atoms with Gasteiger partial charge in [-0.25, -0.2) is 4.99 Å². The van der Waals surface area contributed by atoms with E-state index in [0.717, 1.165) is 11.1 Å². The van der Waals surface area contributed by atoms with Gasteiger partial charge < -0.3 is 16.2 Å². The van der Waals surface area contributed by atoms with E-state index in [1.165, 1.54) is 0 Å². The molecule has 1 aliphatic heterocycles. The Morgan fingerprint density at radius 2 is 1.83 bits per heavy atom. The SMILES string of the molecule is NC1=NC(c2ccccc2)C(CC(=O)O)=C(c2ccc(Cl)cc2)N1. The molecule has 0 aromatic heterocycles. The van der Waals surface area contributed by atoms with Crippen molar-refractivity contribution in [2.45, 2.75) is 12.5 Å². The van der Waals surface area contributed by atoms with Gasteiger partial charge in [-0.3, -0.25) is 4.79 Å². The van der Waals surface area contributed by atoms with E-state index >= 15 is 0 Å². The number of halogens is 1. The van der Waals surface area contributed by atoms with E-state index in [4.69, 9.17) is 17.3 Å². The summed E-state index contributed by atoms with van der Waals surface area (Å²) in [6.07, 6.45) is -0.138. The number of carboxylic acid groups (broad SMARTS) is 1. The van der Waals surface area contributed by atoms with Crippen LogP contribution in [0.2, 0.25) is 5.02 Å². The second-order valence-electron chi connectivity index (χ2n) is 5.43. The van der Waals surface area contributed by atoms with Gasteiger partial charge in [0.25, 0.3) is 0 Å². The summed E-state index contributed by atoms with van der Waals surface area (Å²) < 4.78 is 0. The van der Waals surface area contributed by atoms with Crippen LogP contribution in [0, 0.1) is 0 Å². The van der Waals surface area contributed by atoms with Gasteiger partial charge in [-0.1, -0.05) is 54.1 Å². The Morgan fingerprint density at radius 3 is 2.46 bits per heavy atom. The van der Waals surface area contributed by atoms with Gasteiger partial charge >= 0.3 is 5.97 Å². The lowest BCUT2D eigenvalue weighted by molar-refractivity contribution is -0.136. The first-order valence-electron chi connectivity index (χ1n) is 7.40. The van der Waals surface area contributed by atoms with Crippen LogP contribution in [0.1, 0.15) is 23.6 Å². The first-order chi connectivity index (χ1) is 11.5. The van der Waals surface area contributed by atoms with Gasteiger partial charge in [0, 0.05) is 5.02 Å². The van der Waals surface area contributed by atoms with E-state index in [9.17, 15) is 9.90 Å². The molecule has 0 saturated heterocycles. The van der Waals surface area contributed by atoms with Crippen molar-refractivity contribution in [1.29, 1.82) is 0 Å². The molecule has 0 amide bonds. The van der Waals surface area contributed by atoms with Gasteiger partial charge in [0.2, 0.25) is 0 Å². The van der Waals surface area contributed by atoms with E-state index < -0.39 is 12.0 Å².